The van der Waals surface area contributed by atoms with Crippen molar-refractivity contribution in [1.29, 1.82) is 0 Å². The third-order valence-corrected chi connectivity index (χ3v) is 4.15. The summed E-state index contributed by atoms with van der Waals surface area (Å²) in [7, 11) is 0. The second-order valence-corrected chi connectivity index (χ2v) is 6.65. The second-order valence-electron chi connectivity index (χ2n) is 6.65. The van der Waals surface area contributed by atoms with E-state index in [-0.39, 0.29) is 33.3 Å². The van der Waals surface area contributed by atoms with E-state index in [2.05, 4.69) is 17.4 Å². The predicted octanol–water partition coefficient (Wildman–Crippen LogP) is 5.34. The third kappa shape index (κ3) is 6.71. The molecule has 0 spiro atoms. The van der Waals surface area contributed by atoms with Crippen LogP contribution in [0.5, 0.6) is 0 Å². The normalized spacial score (nSPS) is 10.9. The zero-order chi connectivity index (χ0) is 17.6. The van der Waals surface area contributed by atoms with Gasteiger partial charge in [0.2, 0.25) is 5.91 Å². The van der Waals surface area contributed by atoms with Gasteiger partial charge in [-0.3, -0.25) is 4.79 Å². The Kier molecular flexibility index (Phi) is 8.47. The molecule has 2 aromatic rings. The van der Waals surface area contributed by atoms with E-state index >= 15 is 0 Å². The van der Waals surface area contributed by atoms with E-state index < -0.39 is 17.0 Å². The maximum Gasteiger partial charge on any atom is 0.230 e. The van der Waals surface area contributed by atoms with Crippen LogP contribution in [0.4, 0.5) is 14.5 Å². The first kappa shape index (κ1) is 21.5. The molecule has 132 valence electrons. The summed E-state index contributed by atoms with van der Waals surface area (Å²) in [5.74, 6) is -1.68. The van der Waals surface area contributed by atoms with E-state index in [1.165, 1.54) is 11.6 Å². The number of carbonyl (C=O) groups excluding carboxylic acids is 1. The van der Waals surface area contributed by atoms with Crippen LogP contribution in [0, 0.1) is 17.0 Å². The molecule has 2 aromatic carbocycles. The van der Waals surface area contributed by atoms with Gasteiger partial charge in [0, 0.05) is 33.2 Å². The van der Waals surface area contributed by atoms with Crippen LogP contribution in [0.3, 0.4) is 0 Å². The summed E-state index contributed by atoms with van der Waals surface area (Å²) in [5, 5.41) is 2.56. The molecule has 0 saturated heterocycles. The molecule has 0 bridgehead atoms. The summed E-state index contributed by atoms with van der Waals surface area (Å²) in [6, 6.07) is 13.4. The van der Waals surface area contributed by atoms with E-state index in [0.717, 1.165) is 31.4 Å². The van der Waals surface area contributed by atoms with Crippen molar-refractivity contribution in [3.05, 3.63) is 65.7 Å². The number of anilines is 1. The summed E-state index contributed by atoms with van der Waals surface area (Å²) < 4.78 is 26.6. The zero-order valence-corrected chi connectivity index (χ0v) is 16.2. The van der Waals surface area contributed by atoms with Gasteiger partial charge in [-0.2, -0.15) is 0 Å². The summed E-state index contributed by atoms with van der Waals surface area (Å²) in [4.78, 5) is 12.4. The topological polar surface area (TPSA) is 29.1 Å². The van der Waals surface area contributed by atoms with E-state index in [4.69, 9.17) is 0 Å². The van der Waals surface area contributed by atoms with Crippen molar-refractivity contribution in [3.63, 3.8) is 0 Å². The van der Waals surface area contributed by atoms with Gasteiger partial charge in [-0.05, 0) is 37.0 Å². The van der Waals surface area contributed by atoms with Gasteiger partial charge in [-0.15, -0.1) is 0 Å². The minimum atomic E-state index is -0.761. The predicted molar refractivity (Wildman–Crippen MR) is 92.8 cm³/mol. The molecular weight excluding hydrogens is 356 g/mol. The van der Waals surface area contributed by atoms with Gasteiger partial charge in [-0.25, -0.2) is 8.78 Å². The minimum absolute atomic E-state index is 0. The summed E-state index contributed by atoms with van der Waals surface area (Å²) in [6.45, 7) is 3.68. The first-order chi connectivity index (χ1) is 11.4. The van der Waals surface area contributed by atoms with E-state index in [9.17, 15) is 13.6 Å². The molecule has 2 rings (SSSR count). The number of aryl methyl sites for hydroxylation is 1. The van der Waals surface area contributed by atoms with Crippen LogP contribution < -0.4 is 5.32 Å². The van der Waals surface area contributed by atoms with E-state index in [1.807, 2.05) is 32.0 Å². The Bertz CT molecular complexity index is 689. The van der Waals surface area contributed by atoms with Crippen molar-refractivity contribution in [2.24, 2.45) is 5.41 Å². The van der Waals surface area contributed by atoms with Gasteiger partial charge in [0.25, 0.3) is 0 Å². The van der Waals surface area contributed by atoms with Crippen molar-refractivity contribution < 1.29 is 35.3 Å². The SMILES string of the molecule is CC(C)(CCCCc1ccccc1)C(=O)Nc1ccc(F)cc1F.[Ti]. The van der Waals surface area contributed by atoms with E-state index in [1.54, 1.807) is 0 Å². The second kappa shape index (κ2) is 9.83. The van der Waals surface area contributed by atoms with Crippen LogP contribution in [-0.2, 0) is 32.9 Å². The van der Waals surface area contributed by atoms with Crippen LogP contribution in [0.2, 0.25) is 0 Å². The van der Waals surface area contributed by atoms with Gasteiger partial charge in [0.15, 0.2) is 0 Å². The van der Waals surface area contributed by atoms with Crippen LogP contribution in [0.25, 0.3) is 0 Å². The molecule has 0 atom stereocenters. The van der Waals surface area contributed by atoms with Gasteiger partial charge < -0.3 is 5.32 Å². The average Bonchev–Trinajstić information content (AvgIpc) is 2.55. The molecule has 0 unspecified atom stereocenters. The van der Waals surface area contributed by atoms with Crippen molar-refractivity contribution in [3.8, 4) is 0 Å². The largest absolute Gasteiger partial charge is 0.323 e. The Morgan fingerprint density at radius 1 is 1.04 bits per heavy atom. The van der Waals surface area contributed by atoms with Gasteiger partial charge >= 0.3 is 0 Å². The maximum atomic E-state index is 13.6. The Balaban J connectivity index is 0.00000312. The molecule has 0 fully saturated rings. The smallest absolute Gasteiger partial charge is 0.230 e. The fourth-order valence-electron chi connectivity index (χ4n) is 2.54. The van der Waals surface area contributed by atoms with Crippen LogP contribution in [0.1, 0.15) is 38.7 Å². The van der Waals surface area contributed by atoms with Gasteiger partial charge in [-0.1, -0.05) is 50.6 Å². The zero-order valence-electron chi connectivity index (χ0n) is 14.6. The monoisotopic (exact) mass is 379 g/mol. The Labute approximate surface area is 162 Å². The number of hydrogen-bond donors (Lipinski definition) is 1. The average molecular weight is 379 g/mol. The molecule has 1 N–H and O–H groups in total. The molecule has 25 heavy (non-hydrogen) atoms. The van der Waals surface area contributed by atoms with Crippen molar-refractivity contribution >= 4 is 11.6 Å². The first-order valence-electron chi connectivity index (χ1n) is 8.19. The standard InChI is InChI=1S/C20H23F2NO.Ti/c1-20(2,13-7-6-10-15-8-4-3-5-9-15)19(24)23-18-12-11-16(21)14-17(18)22;/h3-5,8-9,11-12,14H,6-7,10,13H2,1-2H3,(H,23,24);. The quantitative estimate of drug-likeness (QED) is 0.511. The molecular formula is C20H23F2NOTi. The van der Waals surface area contributed by atoms with Crippen LogP contribution in [-0.4, -0.2) is 5.91 Å². The maximum absolute atomic E-state index is 13.6. The number of amides is 1. The third-order valence-electron chi connectivity index (χ3n) is 4.15. The molecule has 0 aliphatic carbocycles. The number of unbranched alkanes of at least 4 members (excludes halogenated alkanes) is 1. The molecule has 5 heteroatoms. The van der Waals surface area contributed by atoms with Crippen molar-refractivity contribution in [2.75, 3.05) is 5.32 Å². The Morgan fingerprint density at radius 2 is 1.72 bits per heavy atom. The Hall–Kier alpha value is -1.52. The molecule has 0 heterocycles. The first-order valence-corrected chi connectivity index (χ1v) is 8.19. The summed E-state index contributed by atoms with van der Waals surface area (Å²) >= 11 is 0. The molecule has 0 saturated carbocycles. The number of carbonyl (C=O) groups is 1. The summed E-state index contributed by atoms with van der Waals surface area (Å²) in [6.07, 6.45) is 3.58. The molecule has 0 aliphatic rings. The van der Waals surface area contributed by atoms with Crippen LogP contribution in [0.15, 0.2) is 48.5 Å². The minimum Gasteiger partial charge on any atom is -0.323 e. The molecule has 0 aliphatic heterocycles. The van der Waals surface area contributed by atoms with E-state index in [0.29, 0.717) is 6.42 Å². The molecule has 0 radical (unpaired) electrons. The molecule has 0 aromatic heterocycles. The number of benzene rings is 2. The van der Waals surface area contributed by atoms with Crippen molar-refractivity contribution in [1.82, 2.24) is 0 Å². The molecule has 1 amide bonds. The number of nitrogens with one attached hydrogen (secondary N) is 1. The van der Waals surface area contributed by atoms with Gasteiger partial charge in [0.05, 0.1) is 5.69 Å². The van der Waals surface area contributed by atoms with Gasteiger partial charge in [0.1, 0.15) is 11.6 Å². The number of halogens is 2. The number of rotatable bonds is 7. The molecule has 2 nitrogen and oxygen atoms in total. The van der Waals surface area contributed by atoms with Crippen molar-refractivity contribution in [2.45, 2.75) is 39.5 Å². The summed E-state index contributed by atoms with van der Waals surface area (Å²) in [5.41, 5.74) is 0.684. The fourth-order valence-corrected chi connectivity index (χ4v) is 2.54. The number of hydrogen-bond acceptors (Lipinski definition) is 1. The van der Waals surface area contributed by atoms with Crippen LogP contribution >= 0.6 is 0 Å². The fraction of sp³-hybridized carbons (Fsp3) is 0.350. The Morgan fingerprint density at radius 3 is 2.36 bits per heavy atom.